The van der Waals surface area contributed by atoms with E-state index in [1.54, 1.807) is 43.3 Å². The number of nitrogens with zero attached hydrogens (tertiary/aromatic N) is 2. The summed E-state index contributed by atoms with van der Waals surface area (Å²) in [5.74, 6) is -0.816. The first-order valence-corrected chi connectivity index (χ1v) is 8.28. The predicted molar refractivity (Wildman–Crippen MR) is 92.5 cm³/mol. The Bertz CT molecular complexity index is 958. The van der Waals surface area contributed by atoms with E-state index < -0.39 is 5.97 Å². The highest BCUT2D eigenvalue weighted by molar-refractivity contribution is 7.17. The quantitative estimate of drug-likeness (QED) is 0.649. The van der Waals surface area contributed by atoms with E-state index in [0.29, 0.717) is 26.7 Å². The lowest BCUT2D eigenvalue weighted by Gasteiger charge is -2.05. The molecule has 0 saturated heterocycles. The van der Waals surface area contributed by atoms with Crippen LogP contribution in [-0.4, -0.2) is 11.0 Å². The van der Waals surface area contributed by atoms with Crippen molar-refractivity contribution in [2.45, 2.75) is 13.5 Å². The van der Waals surface area contributed by atoms with Gasteiger partial charge < -0.3 is 4.74 Å². The molecule has 0 aliphatic carbocycles. The van der Waals surface area contributed by atoms with Gasteiger partial charge in [0, 0.05) is 11.1 Å². The van der Waals surface area contributed by atoms with Crippen LogP contribution in [0.15, 0.2) is 48.5 Å². The average molecular weight is 352 g/mol. The van der Waals surface area contributed by atoms with Gasteiger partial charge in [-0.2, -0.15) is 5.26 Å². The maximum Gasteiger partial charge on any atom is 0.350 e. The molecule has 3 rings (SSSR count). The molecular formula is C19H13FN2O2S. The van der Waals surface area contributed by atoms with Gasteiger partial charge in [0.15, 0.2) is 0 Å². The Morgan fingerprint density at radius 2 is 1.96 bits per heavy atom. The molecule has 0 fully saturated rings. The van der Waals surface area contributed by atoms with Crippen molar-refractivity contribution in [3.63, 3.8) is 0 Å². The van der Waals surface area contributed by atoms with Crippen molar-refractivity contribution in [3.8, 4) is 16.6 Å². The number of carbonyl (C=O) groups is 1. The minimum atomic E-state index is -0.490. The van der Waals surface area contributed by atoms with Crippen molar-refractivity contribution in [2.24, 2.45) is 0 Å². The highest BCUT2D eigenvalue weighted by atomic mass is 32.1. The molecule has 0 saturated carbocycles. The number of aromatic nitrogens is 1. The lowest BCUT2D eigenvalue weighted by Crippen LogP contribution is -2.05. The summed E-state index contributed by atoms with van der Waals surface area (Å²) in [5, 5.41) is 9.70. The molecule has 0 aliphatic heterocycles. The number of hydrogen-bond acceptors (Lipinski definition) is 5. The second kappa shape index (κ2) is 7.24. The Morgan fingerprint density at radius 3 is 2.68 bits per heavy atom. The van der Waals surface area contributed by atoms with Crippen molar-refractivity contribution >= 4 is 17.3 Å². The summed E-state index contributed by atoms with van der Waals surface area (Å²) >= 11 is 1.20. The van der Waals surface area contributed by atoms with E-state index in [9.17, 15) is 9.18 Å². The Morgan fingerprint density at radius 1 is 1.24 bits per heavy atom. The number of hydrogen-bond donors (Lipinski definition) is 0. The van der Waals surface area contributed by atoms with Crippen LogP contribution in [0.5, 0.6) is 0 Å². The zero-order valence-corrected chi connectivity index (χ0v) is 14.1. The highest BCUT2D eigenvalue weighted by Crippen LogP contribution is 2.28. The van der Waals surface area contributed by atoms with Crippen molar-refractivity contribution in [2.75, 3.05) is 0 Å². The summed E-state index contributed by atoms with van der Waals surface area (Å²) in [7, 11) is 0. The number of halogens is 1. The molecule has 1 heterocycles. The van der Waals surface area contributed by atoms with Crippen molar-refractivity contribution < 1.29 is 13.9 Å². The summed E-state index contributed by atoms with van der Waals surface area (Å²) < 4.78 is 18.4. The number of thiazole rings is 1. The summed E-state index contributed by atoms with van der Waals surface area (Å²) in [5.41, 5.74) is 2.42. The van der Waals surface area contributed by atoms with Gasteiger partial charge in [0.2, 0.25) is 0 Å². The molecule has 0 N–H and O–H groups in total. The van der Waals surface area contributed by atoms with Crippen molar-refractivity contribution in [3.05, 3.63) is 76.0 Å². The van der Waals surface area contributed by atoms with Gasteiger partial charge in [-0.1, -0.05) is 18.2 Å². The Hall–Kier alpha value is -3.04. The molecule has 0 radical (unpaired) electrons. The number of rotatable bonds is 4. The van der Waals surface area contributed by atoms with Gasteiger partial charge in [0.25, 0.3) is 0 Å². The smallest absolute Gasteiger partial charge is 0.350 e. The largest absolute Gasteiger partial charge is 0.457 e. The summed E-state index contributed by atoms with van der Waals surface area (Å²) in [4.78, 5) is 17.1. The molecule has 124 valence electrons. The molecule has 0 spiro atoms. The lowest BCUT2D eigenvalue weighted by molar-refractivity contribution is 0.0477. The summed E-state index contributed by atoms with van der Waals surface area (Å²) in [6.07, 6.45) is 0. The van der Waals surface area contributed by atoms with E-state index in [4.69, 9.17) is 10.00 Å². The molecule has 0 amide bonds. The molecule has 25 heavy (non-hydrogen) atoms. The first-order chi connectivity index (χ1) is 12.1. The zero-order chi connectivity index (χ0) is 17.8. The first kappa shape index (κ1) is 16.8. The minimum Gasteiger partial charge on any atom is -0.457 e. The maximum atomic E-state index is 13.0. The molecule has 6 heteroatoms. The third kappa shape index (κ3) is 3.73. The van der Waals surface area contributed by atoms with Crippen molar-refractivity contribution in [1.29, 1.82) is 5.26 Å². The fraction of sp³-hybridized carbons (Fsp3) is 0.105. The van der Waals surface area contributed by atoms with Gasteiger partial charge in [-0.3, -0.25) is 0 Å². The van der Waals surface area contributed by atoms with E-state index in [1.165, 1.54) is 23.5 Å². The number of esters is 1. The van der Waals surface area contributed by atoms with Crippen LogP contribution in [0.4, 0.5) is 4.39 Å². The van der Waals surface area contributed by atoms with Gasteiger partial charge >= 0.3 is 5.97 Å². The molecule has 0 unspecified atom stereocenters. The third-order valence-corrected chi connectivity index (χ3v) is 4.76. The van der Waals surface area contributed by atoms with Crippen LogP contribution in [0.3, 0.4) is 0 Å². The van der Waals surface area contributed by atoms with E-state index in [1.807, 2.05) is 0 Å². The molecule has 0 aliphatic rings. The normalized spacial score (nSPS) is 10.3. The Labute approximate surface area is 148 Å². The van der Waals surface area contributed by atoms with E-state index in [0.717, 1.165) is 5.56 Å². The SMILES string of the molecule is Cc1nc(-c2ccc(F)cc2)sc1C(=O)OCc1ccccc1C#N. The standard InChI is InChI=1S/C19H13FN2O2S/c1-12-17(25-18(22-12)13-6-8-16(20)9-7-13)19(23)24-11-15-5-3-2-4-14(15)10-21/h2-9H,11H2,1H3. The zero-order valence-electron chi connectivity index (χ0n) is 13.3. The van der Waals surface area contributed by atoms with E-state index in [2.05, 4.69) is 11.1 Å². The van der Waals surface area contributed by atoms with E-state index >= 15 is 0 Å². The monoisotopic (exact) mass is 352 g/mol. The van der Waals surface area contributed by atoms with Gasteiger partial charge in [0.05, 0.1) is 17.3 Å². The van der Waals surface area contributed by atoms with Crippen LogP contribution < -0.4 is 0 Å². The molecule has 1 aromatic heterocycles. The molecule has 4 nitrogen and oxygen atoms in total. The molecule has 0 bridgehead atoms. The lowest BCUT2D eigenvalue weighted by atomic mass is 10.1. The van der Waals surface area contributed by atoms with Gasteiger partial charge in [0.1, 0.15) is 22.3 Å². The van der Waals surface area contributed by atoms with Crippen LogP contribution in [-0.2, 0) is 11.3 Å². The minimum absolute atomic E-state index is 0.0196. The van der Waals surface area contributed by atoms with E-state index in [-0.39, 0.29) is 12.4 Å². The fourth-order valence-corrected chi connectivity index (χ4v) is 3.23. The number of nitriles is 1. The van der Waals surface area contributed by atoms with Crippen LogP contribution in [0.1, 0.15) is 26.5 Å². The third-order valence-electron chi connectivity index (χ3n) is 3.57. The second-order valence-corrected chi connectivity index (χ2v) is 6.28. The Kier molecular flexibility index (Phi) is 4.87. The maximum absolute atomic E-state index is 13.0. The number of carbonyl (C=O) groups excluding carboxylic acids is 1. The predicted octanol–water partition coefficient (Wildman–Crippen LogP) is 4.49. The van der Waals surface area contributed by atoms with Crippen LogP contribution in [0, 0.1) is 24.1 Å². The first-order valence-electron chi connectivity index (χ1n) is 7.47. The molecular weight excluding hydrogens is 339 g/mol. The summed E-state index contributed by atoms with van der Waals surface area (Å²) in [6.45, 7) is 1.75. The molecule has 3 aromatic rings. The van der Waals surface area contributed by atoms with Crippen LogP contribution in [0.25, 0.3) is 10.6 Å². The van der Waals surface area contributed by atoms with Crippen LogP contribution >= 0.6 is 11.3 Å². The van der Waals surface area contributed by atoms with Crippen LogP contribution in [0.2, 0.25) is 0 Å². The molecule has 0 atom stereocenters. The molecule has 2 aromatic carbocycles. The fourth-order valence-electron chi connectivity index (χ4n) is 2.27. The van der Waals surface area contributed by atoms with Gasteiger partial charge in [-0.15, -0.1) is 11.3 Å². The number of benzene rings is 2. The van der Waals surface area contributed by atoms with Crippen molar-refractivity contribution in [1.82, 2.24) is 4.98 Å². The average Bonchev–Trinajstić information content (AvgIpc) is 3.02. The number of aryl methyl sites for hydroxylation is 1. The highest BCUT2D eigenvalue weighted by Gasteiger charge is 2.18. The van der Waals surface area contributed by atoms with Gasteiger partial charge in [-0.25, -0.2) is 14.2 Å². The second-order valence-electron chi connectivity index (χ2n) is 5.29. The number of ether oxygens (including phenoxy) is 1. The Balaban J connectivity index is 1.77. The summed E-state index contributed by atoms with van der Waals surface area (Å²) in [6, 6.07) is 15.0. The topological polar surface area (TPSA) is 63.0 Å². The van der Waals surface area contributed by atoms with Gasteiger partial charge in [-0.05, 0) is 37.3 Å².